The first kappa shape index (κ1) is 37.1. The molecule has 5 atom stereocenters. The Bertz CT molecular complexity index is 1790. The third-order valence-electron chi connectivity index (χ3n) is 11.3. The SMILES string of the molecule is O=C(N[C@H]1CCCCC/C=C\[C@@H]2C[C@@]2(C(=O)NS(=O)(=O)C2CC2)NC(=O)[C@@H]2C[C@@H](OCc3ccc(-c4ccccc4)cc3)CN2C1=O)OC1CCCC1. The molecule has 4 fully saturated rings. The number of alkyl carbamates (subject to hydrolysis) is 1. The van der Waals surface area contributed by atoms with Gasteiger partial charge in [0, 0.05) is 18.9 Å². The van der Waals surface area contributed by atoms with E-state index in [2.05, 4.69) is 15.4 Å². The van der Waals surface area contributed by atoms with Crippen LogP contribution in [0, 0.1) is 5.92 Å². The van der Waals surface area contributed by atoms with E-state index in [1.807, 2.05) is 66.7 Å². The van der Waals surface area contributed by atoms with Crippen LogP contribution < -0.4 is 15.4 Å². The number of hydrogen-bond acceptors (Lipinski definition) is 8. The first-order valence-corrected chi connectivity index (χ1v) is 20.7. The van der Waals surface area contributed by atoms with Gasteiger partial charge in [0.2, 0.25) is 21.8 Å². The van der Waals surface area contributed by atoms with Gasteiger partial charge in [0.25, 0.3) is 5.91 Å². The van der Waals surface area contributed by atoms with E-state index in [9.17, 15) is 27.6 Å². The van der Waals surface area contributed by atoms with Crippen LogP contribution in [0.3, 0.4) is 0 Å². The molecule has 7 rings (SSSR count). The lowest BCUT2D eigenvalue weighted by atomic mass is 10.0. The summed E-state index contributed by atoms with van der Waals surface area (Å²) in [6, 6.07) is 16.1. The van der Waals surface area contributed by atoms with Crippen LogP contribution in [0.4, 0.5) is 4.79 Å². The molecule has 3 aliphatic carbocycles. The van der Waals surface area contributed by atoms with E-state index < -0.39 is 62.8 Å². The molecule has 0 unspecified atom stereocenters. The minimum Gasteiger partial charge on any atom is -0.446 e. The number of carbonyl (C=O) groups excluding carboxylic acids is 4. The molecule has 3 saturated carbocycles. The van der Waals surface area contributed by atoms with Crippen LogP contribution in [-0.4, -0.2) is 78.8 Å². The van der Waals surface area contributed by atoms with Gasteiger partial charge in [0.05, 0.1) is 18.0 Å². The van der Waals surface area contributed by atoms with E-state index in [1.165, 1.54) is 4.90 Å². The minimum atomic E-state index is -3.86. The van der Waals surface area contributed by atoms with Gasteiger partial charge >= 0.3 is 6.09 Å². The summed E-state index contributed by atoms with van der Waals surface area (Å²) in [5.41, 5.74) is 1.65. The molecular weight excluding hydrogens is 697 g/mol. The van der Waals surface area contributed by atoms with E-state index in [-0.39, 0.29) is 38.0 Å². The van der Waals surface area contributed by atoms with Crippen molar-refractivity contribution in [3.8, 4) is 11.1 Å². The highest BCUT2D eigenvalue weighted by Gasteiger charge is 2.62. The second kappa shape index (κ2) is 16.0. The molecule has 2 aromatic rings. The van der Waals surface area contributed by atoms with E-state index in [1.54, 1.807) is 0 Å². The van der Waals surface area contributed by atoms with Gasteiger partial charge in [0.15, 0.2) is 0 Å². The molecule has 53 heavy (non-hydrogen) atoms. The second-order valence-electron chi connectivity index (χ2n) is 15.3. The number of nitrogens with zero attached hydrogens (tertiary/aromatic N) is 1. The summed E-state index contributed by atoms with van der Waals surface area (Å²) in [5, 5.41) is 5.12. The number of benzene rings is 2. The Morgan fingerprint density at radius 2 is 1.58 bits per heavy atom. The average Bonchev–Trinajstić information content (AvgIpc) is 4.02. The molecule has 12 nitrogen and oxygen atoms in total. The molecule has 5 aliphatic rings. The van der Waals surface area contributed by atoms with E-state index in [0.717, 1.165) is 61.6 Å². The van der Waals surface area contributed by atoms with Crippen LogP contribution in [0.15, 0.2) is 66.7 Å². The lowest BCUT2D eigenvalue weighted by Gasteiger charge is -2.30. The number of ether oxygens (including phenoxy) is 2. The van der Waals surface area contributed by atoms with Crippen molar-refractivity contribution in [1.82, 2.24) is 20.3 Å². The third-order valence-corrected chi connectivity index (χ3v) is 13.1. The number of sulfonamides is 1. The standard InChI is InChI=1S/C40H50N4O8S/c45-36-35-23-32(51-26-27-17-19-29(20-18-27)28-11-5-4-6-12-28)25-44(35)37(46)34(41-39(48)52-31-14-9-10-15-31)16-8-3-1-2-7-13-30-24-40(30,42-36)38(47)43-53(49,50)33-21-22-33/h4-7,11-13,17-20,30-35H,1-3,8-10,14-16,21-26H2,(H,41,48)(H,42,45)(H,43,47)/b13-7-/t30-,32-,34+,35+,40-/m1/s1. The molecule has 13 heteroatoms. The molecule has 0 radical (unpaired) electrons. The first-order chi connectivity index (χ1) is 25.6. The Morgan fingerprint density at radius 3 is 2.32 bits per heavy atom. The fourth-order valence-electron chi connectivity index (χ4n) is 7.85. The van der Waals surface area contributed by atoms with Crippen molar-refractivity contribution in [3.63, 3.8) is 0 Å². The van der Waals surface area contributed by atoms with Gasteiger partial charge in [-0.15, -0.1) is 0 Å². The number of carbonyl (C=O) groups is 4. The molecule has 1 saturated heterocycles. The van der Waals surface area contributed by atoms with Gasteiger partial charge in [-0.1, -0.05) is 79.6 Å². The molecule has 2 aliphatic heterocycles. The quantitative estimate of drug-likeness (QED) is 0.306. The highest BCUT2D eigenvalue weighted by atomic mass is 32.2. The predicted octanol–water partition coefficient (Wildman–Crippen LogP) is 4.88. The summed E-state index contributed by atoms with van der Waals surface area (Å²) in [4.78, 5) is 56.8. The van der Waals surface area contributed by atoms with Crippen molar-refractivity contribution in [2.75, 3.05) is 6.54 Å². The van der Waals surface area contributed by atoms with Crippen molar-refractivity contribution in [3.05, 3.63) is 72.3 Å². The molecular formula is C40H50N4O8S. The molecule has 0 spiro atoms. The van der Waals surface area contributed by atoms with E-state index in [4.69, 9.17) is 9.47 Å². The van der Waals surface area contributed by atoms with Crippen molar-refractivity contribution >= 4 is 33.8 Å². The topological polar surface area (TPSA) is 160 Å². The van der Waals surface area contributed by atoms with E-state index >= 15 is 0 Å². The summed E-state index contributed by atoms with van der Waals surface area (Å²) in [6.45, 7) is 0.358. The number of fused-ring (bicyclic) bond motifs is 2. The highest BCUT2D eigenvalue weighted by molar-refractivity contribution is 7.91. The molecule has 3 N–H and O–H groups in total. The fourth-order valence-corrected chi connectivity index (χ4v) is 9.22. The Hall–Kier alpha value is -4.23. The minimum absolute atomic E-state index is 0.105. The van der Waals surface area contributed by atoms with Gasteiger partial charge in [-0.3, -0.25) is 19.1 Å². The van der Waals surface area contributed by atoms with Crippen LogP contribution in [0.1, 0.15) is 89.0 Å². The maximum atomic E-state index is 14.4. The molecule has 4 amide bonds. The largest absolute Gasteiger partial charge is 0.446 e. The highest BCUT2D eigenvalue weighted by Crippen LogP contribution is 2.46. The average molecular weight is 747 g/mol. The zero-order chi connectivity index (χ0) is 37.0. The van der Waals surface area contributed by atoms with Crippen LogP contribution in [-0.2, 0) is 40.5 Å². The summed E-state index contributed by atoms with van der Waals surface area (Å²) in [7, 11) is -3.86. The molecule has 0 bridgehead atoms. The monoisotopic (exact) mass is 746 g/mol. The fraction of sp³-hybridized carbons (Fsp3) is 0.550. The lowest BCUT2D eigenvalue weighted by Crippen LogP contribution is -2.58. The Kier molecular flexibility index (Phi) is 11.2. The Balaban J connectivity index is 1.10. The maximum Gasteiger partial charge on any atom is 0.408 e. The normalized spacial score (nSPS) is 28.8. The van der Waals surface area contributed by atoms with Crippen molar-refractivity contribution in [2.45, 2.75) is 125 Å². The molecule has 2 aromatic carbocycles. The first-order valence-electron chi connectivity index (χ1n) is 19.2. The zero-order valence-corrected chi connectivity index (χ0v) is 30.9. The van der Waals surface area contributed by atoms with Gasteiger partial charge in [-0.2, -0.15) is 0 Å². The van der Waals surface area contributed by atoms with Crippen molar-refractivity contribution in [1.29, 1.82) is 0 Å². The van der Waals surface area contributed by atoms with E-state index in [0.29, 0.717) is 25.7 Å². The number of nitrogens with one attached hydrogen (secondary N) is 3. The maximum absolute atomic E-state index is 14.4. The van der Waals surface area contributed by atoms with Crippen LogP contribution in [0.5, 0.6) is 0 Å². The third kappa shape index (κ3) is 8.95. The lowest BCUT2D eigenvalue weighted by molar-refractivity contribution is -0.141. The smallest absolute Gasteiger partial charge is 0.408 e. The second-order valence-corrected chi connectivity index (χ2v) is 17.2. The molecule has 2 heterocycles. The Morgan fingerprint density at radius 1 is 0.868 bits per heavy atom. The van der Waals surface area contributed by atoms with Crippen LogP contribution >= 0.6 is 0 Å². The van der Waals surface area contributed by atoms with Gasteiger partial charge in [0.1, 0.15) is 23.7 Å². The Labute approximate surface area is 311 Å². The van der Waals surface area contributed by atoms with Gasteiger partial charge < -0.3 is 25.0 Å². The van der Waals surface area contributed by atoms with Crippen molar-refractivity contribution < 1.29 is 37.1 Å². The predicted molar refractivity (Wildman–Crippen MR) is 198 cm³/mol. The number of amides is 4. The van der Waals surface area contributed by atoms with Gasteiger partial charge in [-0.05, 0) is 80.9 Å². The summed E-state index contributed by atoms with van der Waals surface area (Å²) in [6.07, 6.45) is 10.9. The number of rotatable bonds is 9. The summed E-state index contributed by atoms with van der Waals surface area (Å²) in [5.74, 6) is -2.12. The van der Waals surface area contributed by atoms with Crippen molar-refractivity contribution in [2.24, 2.45) is 5.92 Å². The summed E-state index contributed by atoms with van der Waals surface area (Å²) >= 11 is 0. The molecule has 284 valence electrons. The van der Waals surface area contributed by atoms with Gasteiger partial charge in [-0.25, -0.2) is 13.2 Å². The number of hydrogen-bond donors (Lipinski definition) is 3. The van der Waals surface area contributed by atoms with Crippen LogP contribution in [0.2, 0.25) is 0 Å². The summed E-state index contributed by atoms with van der Waals surface area (Å²) < 4.78 is 39.8. The van der Waals surface area contributed by atoms with Crippen LogP contribution in [0.25, 0.3) is 11.1 Å². The number of allylic oxidation sites excluding steroid dienone is 1. The molecule has 0 aromatic heterocycles. The zero-order valence-electron chi connectivity index (χ0n) is 30.0.